The van der Waals surface area contributed by atoms with Gasteiger partial charge in [0.05, 0.1) is 11.0 Å². The predicted molar refractivity (Wildman–Crippen MR) is 80.9 cm³/mol. The molecule has 1 aliphatic rings. The van der Waals surface area contributed by atoms with Gasteiger partial charge in [0.2, 0.25) is 5.91 Å². The number of carboxylic acids is 1. The highest BCUT2D eigenvalue weighted by Crippen LogP contribution is 2.31. The van der Waals surface area contributed by atoms with Crippen LogP contribution in [0.3, 0.4) is 0 Å². The molecule has 1 amide bonds. The van der Waals surface area contributed by atoms with Gasteiger partial charge >= 0.3 is 5.97 Å². The van der Waals surface area contributed by atoms with Crippen molar-refractivity contribution >= 4 is 11.9 Å². The number of hydrogen-bond acceptors (Lipinski definition) is 3. The molecule has 0 spiro atoms. The van der Waals surface area contributed by atoms with Gasteiger partial charge in [0.15, 0.2) is 0 Å². The fourth-order valence-corrected chi connectivity index (χ4v) is 2.75. The topological polar surface area (TPSA) is 86.6 Å². The van der Waals surface area contributed by atoms with Crippen molar-refractivity contribution < 1.29 is 19.8 Å². The number of amides is 1. The van der Waals surface area contributed by atoms with Gasteiger partial charge in [0.25, 0.3) is 0 Å². The number of carbonyl (C=O) groups excluding carboxylic acids is 1. The van der Waals surface area contributed by atoms with Crippen molar-refractivity contribution in [3.05, 3.63) is 0 Å². The van der Waals surface area contributed by atoms with Crippen molar-refractivity contribution in [2.45, 2.75) is 71.3 Å². The van der Waals surface area contributed by atoms with E-state index < -0.39 is 17.0 Å². The van der Waals surface area contributed by atoms with E-state index in [0.717, 1.165) is 25.7 Å². The van der Waals surface area contributed by atoms with Crippen LogP contribution in [0, 0.1) is 11.3 Å². The number of aliphatic carboxylic acids is 1. The quantitative estimate of drug-likeness (QED) is 0.657. The van der Waals surface area contributed by atoms with Gasteiger partial charge in [-0.25, -0.2) is 0 Å². The molecule has 0 heterocycles. The third-order valence-electron chi connectivity index (χ3n) is 4.94. The monoisotopic (exact) mass is 299 g/mol. The molecule has 5 nitrogen and oxygen atoms in total. The summed E-state index contributed by atoms with van der Waals surface area (Å²) in [7, 11) is 0. The molecule has 0 aromatic carbocycles. The Balaban J connectivity index is 2.55. The average Bonchev–Trinajstić information content (AvgIpc) is 2.61. The van der Waals surface area contributed by atoms with Gasteiger partial charge < -0.3 is 15.5 Å². The van der Waals surface area contributed by atoms with Crippen molar-refractivity contribution in [2.75, 3.05) is 6.54 Å². The van der Waals surface area contributed by atoms with Crippen LogP contribution in [0.1, 0.15) is 65.7 Å². The minimum atomic E-state index is -1.07. The lowest BCUT2D eigenvalue weighted by Gasteiger charge is -2.30. The molecule has 0 aromatic heterocycles. The molecule has 3 N–H and O–H groups in total. The Hall–Kier alpha value is -1.10. The molecule has 0 aliphatic heterocycles. The summed E-state index contributed by atoms with van der Waals surface area (Å²) in [6, 6.07) is 0. The first-order chi connectivity index (χ1) is 9.69. The standard InChI is InChI=1S/C16H29NO4/c1-12(2)15(3,14(19)20)10-13(18)17-11-16(21)8-6-4-5-7-9-16/h12,21H,4-11H2,1-3H3,(H,17,18)(H,19,20). The number of carboxylic acid groups (broad SMARTS) is 1. The van der Waals surface area contributed by atoms with Crippen LogP contribution in [0.15, 0.2) is 0 Å². The first-order valence-corrected chi connectivity index (χ1v) is 7.92. The van der Waals surface area contributed by atoms with Crippen LogP contribution in [0.2, 0.25) is 0 Å². The second-order valence-corrected chi connectivity index (χ2v) is 6.97. The normalized spacial score (nSPS) is 21.4. The third-order valence-corrected chi connectivity index (χ3v) is 4.94. The molecule has 1 unspecified atom stereocenters. The molecule has 5 heteroatoms. The van der Waals surface area contributed by atoms with Crippen molar-refractivity contribution in [3.63, 3.8) is 0 Å². The van der Waals surface area contributed by atoms with E-state index in [-0.39, 0.29) is 24.8 Å². The minimum Gasteiger partial charge on any atom is -0.481 e. The van der Waals surface area contributed by atoms with Crippen molar-refractivity contribution in [3.8, 4) is 0 Å². The fourth-order valence-electron chi connectivity index (χ4n) is 2.75. The summed E-state index contributed by atoms with van der Waals surface area (Å²) in [5.74, 6) is -1.39. The van der Waals surface area contributed by atoms with Crippen LogP contribution in [-0.4, -0.2) is 34.2 Å². The Bertz CT molecular complexity index is 372. The van der Waals surface area contributed by atoms with E-state index in [0.29, 0.717) is 12.8 Å². The van der Waals surface area contributed by atoms with Gasteiger partial charge in [-0.05, 0) is 25.7 Å². The summed E-state index contributed by atoms with van der Waals surface area (Å²) in [6.45, 7) is 5.43. The van der Waals surface area contributed by atoms with E-state index >= 15 is 0 Å². The molecule has 0 bridgehead atoms. The van der Waals surface area contributed by atoms with Crippen LogP contribution in [0.25, 0.3) is 0 Å². The second kappa shape index (κ2) is 7.25. The molecule has 1 rings (SSSR count). The lowest BCUT2D eigenvalue weighted by molar-refractivity contribution is -0.153. The Kier molecular flexibility index (Phi) is 6.20. The van der Waals surface area contributed by atoms with Crippen LogP contribution < -0.4 is 5.32 Å². The maximum Gasteiger partial charge on any atom is 0.310 e. The zero-order valence-corrected chi connectivity index (χ0v) is 13.4. The largest absolute Gasteiger partial charge is 0.481 e. The first kappa shape index (κ1) is 18.0. The summed E-state index contributed by atoms with van der Waals surface area (Å²) in [5.41, 5.74) is -1.90. The van der Waals surface area contributed by atoms with Crippen LogP contribution in [0.4, 0.5) is 0 Å². The number of rotatable bonds is 6. The van der Waals surface area contributed by atoms with Gasteiger partial charge in [0.1, 0.15) is 0 Å². The lowest BCUT2D eigenvalue weighted by atomic mass is 9.76. The van der Waals surface area contributed by atoms with E-state index in [2.05, 4.69) is 5.32 Å². The fraction of sp³-hybridized carbons (Fsp3) is 0.875. The summed E-state index contributed by atoms with van der Waals surface area (Å²) in [5, 5.41) is 22.5. The molecule has 0 radical (unpaired) electrons. The molecule has 0 saturated heterocycles. The average molecular weight is 299 g/mol. The van der Waals surface area contributed by atoms with Crippen molar-refractivity contribution in [1.29, 1.82) is 0 Å². The van der Waals surface area contributed by atoms with Crippen molar-refractivity contribution in [1.82, 2.24) is 5.32 Å². The van der Waals surface area contributed by atoms with Crippen LogP contribution in [-0.2, 0) is 9.59 Å². The van der Waals surface area contributed by atoms with Gasteiger partial charge in [-0.1, -0.05) is 39.5 Å². The molecule has 1 aliphatic carbocycles. The molecular formula is C16H29NO4. The zero-order valence-electron chi connectivity index (χ0n) is 13.4. The zero-order chi connectivity index (χ0) is 16.1. The third kappa shape index (κ3) is 4.99. The SMILES string of the molecule is CC(C)C(C)(CC(=O)NCC1(O)CCCCCC1)C(=O)O. The Morgan fingerprint density at radius 1 is 1.19 bits per heavy atom. The number of nitrogens with one attached hydrogen (secondary N) is 1. The summed E-state index contributed by atoms with van der Waals surface area (Å²) < 4.78 is 0. The summed E-state index contributed by atoms with van der Waals surface area (Å²) >= 11 is 0. The van der Waals surface area contributed by atoms with E-state index in [9.17, 15) is 19.8 Å². The van der Waals surface area contributed by atoms with Crippen LogP contribution in [0.5, 0.6) is 0 Å². The van der Waals surface area contributed by atoms with E-state index in [4.69, 9.17) is 0 Å². The van der Waals surface area contributed by atoms with Crippen LogP contribution >= 0.6 is 0 Å². The van der Waals surface area contributed by atoms with Gasteiger partial charge in [-0.2, -0.15) is 0 Å². The number of carbonyl (C=O) groups is 2. The molecular weight excluding hydrogens is 270 g/mol. The second-order valence-electron chi connectivity index (χ2n) is 6.97. The maximum atomic E-state index is 12.1. The van der Waals surface area contributed by atoms with Crippen molar-refractivity contribution in [2.24, 2.45) is 11.3 Å². The number of aliphatic hydroxyl groups is 1. The Labute approximate surface area is 127 Å². The first-order valence-electron chi connectivity index (χ1n) is 7.92. The molecule has 1 fully saturated rings. The molecule has 0 aromatic rings. The van der Waals surface area contributed by atoms with Gasteiger partial charge in [-0.3, -0.25) is 9.59 Å². The Morgan fingerprint density at radius 2 is 1.71 bits per heavy atom. The van der Waals surface area contributed by atoms with E-state index in [1.807, 2.05) is 0 Å². The molecule has 21 heavy (non-hydrogen) atoms. The highest BCUT2D eigenvalue weighted by molar-refractivity contribution is 5.84. The summed E-state index contributed by atoms with van der Waals surface area (Å²) in [4.78, 5) is 23.4. The molecule has 1 saturated carbocycles. The maximum absolute atomic E-state index is 12.1. The Morgan fingerprint density at radius 3 is 2.14 bits per heavy atom. The molecule has 122 valence electrons. The predicted octanol–water partition coefficient (Wildman–Crippen LogP) is 2.32. The van der Waals surface area contributed by atoms with E-state index in [1.165, 1.54) is 0 Å². The highest BCUT2D eigenvalue weighted by atomic mass is 16.4. The highest BCUT2D eigenvalue weighted by Gasteiger charge is 2.39. The number of hydrogen-bond donors (Lipinski definition) is 3. The lowest BCUT2D eigenvalue weighted by Crippen LogP contribution is -2.45. The minimum absolute atomic E-state index is 0.0594. The van der Waals surface area contributed by atoms with Gasteiger partial charge in [-0.15, -0.1) is 0 Å². The van der Waals surface area contributed by atoms with Gasteiger partial charge in [0, 0.05) is 13.0 Å². The molecule has 1 atom stereocenters. The smallest absolute Gasteiger partial charge is 0.310 e. The van der Waals surface area contributed by atoms with E-state index in [1.54, 1.807) is 20.8 Å². The summed E-state index contributed by atoms with van der Waals surface area (Å²) in [6.07, 6.45) is 5.55.